The molecule has 0 aliphatic heterocycles. The molecule has 0 aliphatic rings. The van der Waals surface area contributed by atoms with E-state index < -0.39 is 0 Å². The summed E-state index contributed by atoms with van der Waals surface area (Å²) in [5, 5.41) is 7.25. The molecule has 5 nitrogen and oxygen atoms in total. The molecule has 0 amide bonds. The number of hydrogen-bond acceptors (Lipinski definition) is 4. The molecule has 0 aromatic carbocycles. The number of rotatable bonds is 6. The lowest BCUT2D eigenvalue weighted by Crippen LogP contribution is -2.29. The van der Waals surface area contributed by atoms with Crippen molar-refractivity contribution < 1.29 is 0 Å². The van der Waals surface area contributed by atoms with Crippen LogP contribution in [0.3, 0.4) is 0 Å². The minimum atomic E-state index is -0.278. The maximum Gasteiger partial charge on any atom is 0.287 e. The van der Waals surface area contributed by atoms with E-state index >= 15 is 0 Å². The lowest BCUT2D eigenvalue weighted by molar-refractivity contribution is 0.316. The maximum absolute atomic E-state index is 11.5. The van der Waals surface area contributed by atoms with Gasteiger partial charge in [-0.3, -0.25) is 4.79 Å². The first kappa shape index (κ1) is 14.0. The molecule has 0 radical (unpaired) electrons. The lowest BCUT2D eigenvalue weighted by atomic mass is 10.4. The molecule has 0 aliphatic carbocycles. The summed E-state index contributed by atoms with van der Waals surface area (Å²) >= 11 is 5.93. The van der Waals surface area contributed by atoms with E-state index in [1.807, 2.05) is 0 Å². The number of aromatic nitrogens is 2. The minimum absolute atomic E-state index is 0.196. The van der Waals surface area contributed by atoms with Crippen LogP contribution in [0.4, 0.5) is 5.69 Å². The van der Waals surface area contributed by atoms with Crippen LogP contribution in [0.15, 0.2) is 11.0 Å². The van der Waals surface area contributed by atoms with Crippen LogP contribution < -0.4 is 10.9 Å². The van der Waals surface area contributed by atoms with Crippen molar-refractivity contribution in [1.82, 2.24) is 14.7 Å². The molecule has 1 N–H and O–H groups in total. The minimum Gasteiger partial charge on any atom is -0.381 e. The topological polar surface area (TPSA) is 50.2 Å². The van der Waals surface area contributed by atoms with Gasteiger partial charge in [-0.1, -0.05) is 25.4 Å². The Hall–Kier alpha value is -1.07. The van der Waals surface area contributed by atoms with Gasteiger partial charge in [-0.2, -0.15) is 5.10 Å². The van der Waals surface area contributed by atoms with Crippen molar-refractivity contribution in [3.05, 3.63) is 21.6 Å². The van der Waals surface area contributed by atoms with Gasteiger partial charge in [0.15, 0.2) is 0 Å². The quantitative estimate of drug-likeness (QED) is 0.833. The number of anilines is 1. The second-order valence-corrected chi connectivity index (χ2v) is 4.13. The van der Waals surface area contributed by atoms with E-state index in [0.29, 0.717) is 5.69 Å². The average molecular weight is 259 g/mol. The van der Waals surface area contributed by atoms with E-state index in [0.717, 1.165) is 26.2 Å². The van der Waals surface area contributed by atoms with E-state index in [1.54, 1.807) is 13.2 Å². The molecule has 0 saturated carbocycles. The molecular weight excluding hydrogens is 240 g/mol. The molecule has 1 heterocycles. The first-order valence-electron chi connectivity index (χ1n) is 5.78. The molecular formula is C11H19ClN4O. The summed E-state index contributed by atoms with van der Waals surface area (Å²) in [6.07, 6.45) is 1.58. The Morgan fingerprint density at radius 2 is 2.12 bits per heavy atom. The molecule has 1 rings (SSSR count). The Kier molecular flexibility index (Phi) is 5.44. The van der Waals surface area contributed by atoms with Crippen LogP contribution in [-0.4, -0.2) is 40.9 Å². The first-order chi connectivity index (χ1) is 8.10. The Labute approximate surface area is 106 Å². The van der Waals surface area contributed by atoms with E-state index in [4.69, 9.17) is 11.6 Å². The van der Waals surface area contributed by atoms with Crippen molar-refractivity contribution in [3.63, 3.8) is 0 Å². The van der Waals surface area contributed by atoms with Gasteiger partial charge >= 0.3 is 0 Å². The Bertz CT molecular complexity index is 414. The molecule has 0 unspecified atom stereocenters. The molecule has 0 spiro atoms. The third-order valence-electron chi connectivity index (χ3n) is 2.72. The zero-order valence-electron chi connectivity index (χ0n) is 10.5. The predicted octanol–water partition coefficient (Wildman–Crippen LogP) is 1.19. The monoisotopic (exact) mass is 258 g/mol. The van der Waals surface area contributed by atoms with Crippen molar-refractivity contribution in [3.8, 4) is 0 Å². The fourth-order valence-corrected chi connectivity index (χ4v) is 1.76. The van der Waals surface area contributed by atoms with Gasteiger partial charge in [0.1, 0.15) is 5.02 Å². The van der Waals surface area contributed by atoms with E-state index in [2.05, 4.69) is 29.2 Å². The smallest absolute Gasteiger partial charge is 0.287 e. The highest BCUT2D eigenvalue weighted by Gasteiger charge is 2.06. The molecule has 0 saturated heterocycles. The molecule has 96 valence electrons. The Morgan fingerprint density at radius 1 is 1.47 bits per heavy atom. The number of hydrogen-bond donors (Lipinski definition) is 1. The first-order valence-corrected chi connectivity index (χ1v) is 6.16. The van der Waals surface area contributed by atoms with Crippen molar-refractivity contribution in [1.29, 1.82) is 0 Å². The fraction of sp³-hybridized carbons (Fsp3) is 0.636. The maximum atomic E-state index is 11.5. The lowest BCUT2D eigenvalue weighted by Gasteiger charge is -2.18. The summed E-state index contributed by atoms with van der Waals surface area (Å²) in [4.78, 5) is 13.8. The second-order valence-electron chi connectivity index (χ2n) is 3.75. The largest absolute Gasteiger partial charge is 0.381 e. The van der Waals surface area contributed by atoms with Crippen molar-refractivity contribution in [2.75, 3.05) is 31.5 Å². The van der Waals surface area contributed by atoms with Gasteiger partial charge in [0.05, 0.1) is 11.9 Å². The molecule has 0 atom stereocenters. The third-order valence-corrected chi connectivity index (χ3v) is 3.08. The van der Waals surface area contributed by atoms with Crippen LogP contribution in [0.1, 0.15) is 13.8 Å². The number of aryl methyl sites for hydroxylation is 1. The number of nitrogens with one attached hydrogen (secondary N) is 1. The van der Waals surface area contributed by atoms with Crippen LogP contribution in [0, 0.1) is 0 Å². The third kappa shape index (κ3) is 3.71. The van der Waals surface area contributed by atoms with Gasteiger partial charge in [0.2, 0.25) is 0 Å². The summed E-state index contributed by atoms with van der Waals surface area (Å²) < 4.78 is 1.22. The van der Waals surface area contributed by atoms with Crippen LogP contribution >= 0.6 is 11.6 Å². The van der Waals surface area contributed by atoms with E-state index in [1.165, 1.54) is 4.68 Å². The molecule has 1 aromatic rings. The highest BCUT2D eigenvalue weighted by atomic mass is 35.5. The predicted molar refractivity (Wildman–Crippen MR) is 70.8 cm³/mol. The van der Waals surface area contributed by atoms with Gasteiger partial charge in [-0.25, -0.2) is 4.68 Å². The number of likely N-dealkylation sites (N-methyl/N-ethyl adjacent to an activating group) is 1. The highest BCUT2D eigenvalue weighted by molar-refractivity contribution is 6.32. The second kappa shape index (κ2) is 6.61. The highest BCUT2D eigenvalue weighted by Crippen LogP contribution is 2.14. The van der Waals surface area contributed by atoms with Crippen LogP contribution in [0.5, 0.6) is 0 Å². The van der Waals surface area contributed by atoms with E-state index in [9.17, 15) is 4.79 Å². The van der Waals surface area contributed by atoms with Crippen LogP contribution in [-0.2, 0) is 7.05 Å². The molecule has 6 heteroatoms. The van der Waals surface area contributed by atoms with Gasteiger partial charge in [-0.15, -0.1) is 0 Å². The number of halogens is 1. The summed E-state index contributed by atoms with van der Waals surface area (Å²) in [7, 11) is 1.58. The molecule has 17 heavy (non-hydrogen) atoms. The summed E-state index contributed by atoms with van der Waals surface area (Å²) in [6, 6.07) is 0. The Morgan fingerprint density at radius 3 is 2.71 bits per heavy atom. The van der Waals surface area contributed by atoms with Gasteiger partial charge in [0.25, 0.3) is 5.56 Å². The number of nitrogens with zero attached hydrogens (tertiary/aromatic N) is 3. The van der Waals surface area contributed by atoms with Crippen LogP contribution in [0.25, 0.3) is 0 Å². The summed E-state index contributed by atoms with van der Waals surface area (Å²) in [6.45, 7) is 7.93. The van der Waals surface area contributed by atoms with Gasteiger partial charge < -0.3 is 10.2 Å². The molecule has 1 aromatic heterocycles. The standard InChI is InChI=1S/C11H19ClN4O/c1-4-16(5-2)7-6-13-9-8-14-15(3)11(17)10(9)12/h8,13H,4-7H2,1-3H3. The van der Waals surface area contributed by atoms with Gasteiger partial charge in [0, 0.05) is 20.1 Å². The molecule has 0 bridgehead atoms. The van der Waals surface area contributed by atoms with Crippen molar-refractivity contribution in [2.24, 2.45) is 7.05 Å². The van der Waals surface area contributed by atoms with Crippen molar-refractivity contribution in [2.45, 2.75) is 13.8 Å². The zero-order valence-corrected chi connectivity index (χ0v) is 11.3. The molecule has 0 fully saturated rings. The Balaban J connectivity index is 2.59. The summed E-state index contributed by atoms with van der Waals surface area (Å²) in [5.41, 5.74) is 0.321. The SMILES string of the molecule is CCN(CC)CCNc1cnn(C)c(=O)c1Cl. The zero-order chi connectivity index (χ0) is 12.8. The fourth-order valence-electron chi connectivity index (χ4n) is 1.52. The summed E-state index contributed by atoms with van der Waals surface area (Å²) in [5.74, 6) is 0. The van der Waals surface area contributed by atoms with Crippen molar-refractivity contribution >= 4 is 17.3 Å². The van der Waals surface area contributed by atoms with Crippen LogP contribution in [0.2, 0.25) is 5.02 Å². The van der Waals surface area contributed by atoms with Gasteiger partial charge in [-0.05, 0) is 13.1 Å². The average Bonchev–Trinajstić information content (AvgIpc) is 2.34. The van der Waals surface area contributed by atoms with E-state index in [-0.39, 0.29) is 10.6 Å². The normalized spacial score (nSPS) is 10.9.